The Kier molecular flexibility index (Phi) is 6.28. The van der Waals surface area contributed by atoms with E-state index in [0.29, 0.717) is 29.6 Å². The first-order chi connectivity index (χ1) is 14.6. The topological polar surface area (TPSA) is 38.3 Å². The highest BCUT2D eigenvalue weighted by Gasteiger charge is 2.28. The zero-order valence-corrected chi connectivity index (χ0v) is 17.6. The van der Waals surface area contributed by atoms with Gasteiger partial charge in [0, 0.05) is 24.4 Å². The summed E-state index contributed by atoms with van der Waals surface area (Å²) in [5, 5.41) is 3.72. The third-order valence-corrected chi connectivity index (χ3v) is 5.75. The van der Waals surface area contributed by atoms with Crippen molar-refractivity contribution in [3.05, 3.63) is 93.5 Å². The van der Waals surface area contributed by atoms with Crippen LogP contribution in [0.15, 0.2) is 66.7 Å². The summed E-state index contributed by atoms with van der Waals surface area (Å²) in [5.74, 6) is 6.06. The second kappa shape index (κ2) is 9.26. The monoisotopic (exact) mass is 435 g/mol. The van der Waals surface area contributed by atoms with E-state index < -0.39 is 6.09 Å². The Labute approximate surface area is 186 Å². The van der Waals surface area contributed by atoms with Gasteiger partial charge in [-0.15, -0.1) is 0 Å². The van der Waals surface area contributed by atoms with Crippen LogP contribution in [0.25, 0.3) is 11.1 Å². The predicted molar refractivity (Wildman–Crippen MR) is 121 cm³/mol. The van der Waals surface area contributed by atoms with Crippen LogP contribution in [0.1, 0.15) is 29.0 Å². The molecule has 150 valence electrons. The van der Waals surface area contributed by atoms with E-state index in [2.05, 4.69) is 41.4 Å². The van der Waals surface area contributed by atoms with Crippen molar-refractivity contribution < 1.29 is 9.53 Å². The Hall–Kier alpha value is -2.93. The SMILES string of the molecule is O=C(NCCC#Cc1ccc(Cl)c(Cl)c1)OCC1c2ccccc2-c2ccccc21. The lowest BCUT2D eigenvalue weighted by Crippen LogP contribution is -2.26. The molecule has 4 rings (SSSR count). The average molecular weight is 436 g/mol. The molecule has 1 aliphatic carbocycles. The molecule has 3 nitrogen and oxygen atoms in total. The molecular formula is C25H19Cl2NO2. The molecule has 3 aromatic carbocycles. The quantitative estimate of drug-likeness (QED) is 0.387. The fourth-order valence-electron chi connectivity index (χ4n) is 3.61. The molecule has 1 N–H and O–H groups in total. The molecule has 0 atom stereocenters. The maximum atomic E-state index is 12.1. The van der Waals surface area contributed by atoms with Crippen molar-refractivity contribution >= 4 is 29.3 Å². The number of hydrogen-bond donors (Lipinski definition) is 1. The second-order valence-corrected chi connectivity index (χ2v) is 7.75. The summed E-state index contributed by atoms with van der Waals surface area (Å²) in [5.41, 5.74) is 5.59. The summed E-state index contributed by atoms with van der Waals surface area (Å²) in [7, 11) is 0. The lowest BCUT2D eigenvalue weighted by molar-refractivity contribution is 0.143. The molecule has 0 aromatic heterocycles. The number of carbonyl (C=O) groups is 1. The van der Waals surface area contributed by atoms with Crippen LogP contribution in [0.2, 0.25) is 10.0 Å². The summed E-state index contributed by atoms with van der Waals surface area (Å²) in [6, 6.07) is 21.8. The van der Waals surface area contributed by atoms with E-state index in [1.807, 2.05) is 24.3 Å². The fraction of sp³-hybridized carbons (Fsp3) is 0.160. The summed E-state index contributed by atoms with van der Waals surface area (Å²) < 4.78 is 5.50. The standard InChI is InChI=1S/C25H19Cl2NO2/c26-23-13-12-17(15-24(23)27)7-5-6-14-28-25(29)30-16-22-20-10-3-1-8-18(20)19-9-2-4-11-21(19)22/h1-4,8-13,15,22H,6,14,16H2,(H,28,29). The zero-order valence-electron chi connectivity index (χ0n) is 16.1. The van der Waals surface area contributed by atoms with Crippen LogP contribution in [0.3, 0.4) is 0 Å². The van der Waals surface area contributed by atoms with Crippen molar-refractivity contribution in [2.45, 2.75) is 12.3 Å². The van der Waals surface area contributed by atoms with Crippen molar-refractivity contribution in [3.63, 3.8) is 0 Å². The smallest absolute Gasteiger partial charge is 0.407 e. The van der Waals surface area contributed by atoms with E-state index in [1.165, 1.54) is 22.3 Å². The van der Waals surface area contributed by atoms with Crippen molar-refractivity contribution in [3.8, 4) is 23.0 Å². The number of benzene rings is 3. The van der Waals surface area contributed by atoms with Crippen LogP contribution in [-0.4, -0.2) is 19.2 Å². The summed E-state index contributed by atoms with van der Waals surface area (Å²) in [6.07, 6.45) is 0.0676. The van der Waals surface area contributed by atoms with E-state index >= 15 is 0 Å². The third kappa shape index (κ3) is 4.46. The van der Waals surface area contributed by atoms with Crippen molar-refractivity contribution in [2.75, 3.05) is 13.2 Å². The summed E-state index contributed by atoms with van der Waals surface area (Å²) in [4.78, 5) is 12.1. The van der Waals surface area contributed by atoms with Crippen LogP contribution >= 0.6 is 23.2 Å². The van der Waals surface area contributed by atoms with Gasteiger partial charge in [-0.1, -0.05) is 83.6 Å². The van der Waals surface area contributed by atoms with Gasteiger partial charge in [0.25, 0.3) is 0 Å². The second-order valence-electron chi connectivity index (χ2n) is 6.93. The van der Waals surface area contributed by atoms with E-state index in [9.17, 15) is 4.79 Å². The third-order valence-electron chi connectivity index (χ3n) is 5.02. The summed E-state index contributed by atoms with van der Waals surface area (Å²) >= 11 is 11.9. The zero-order chi connectivity index (χ0) is 20.9. The van der Waals surface area contributed by atoms with Gasteiger partial charge >= 0.3 is 6.09 Å². The number of halogens is 2. The molecule has 0 saturated carbocycles. The molecule has 0 spiro atoms. The molecule has 5 heteroatoms. The number of amides is 1. The van der Waals surface area contributed by atoms with Gasteiger partial charge in [0.15, 0.2) is 0 Å². The van der Waals surface area contributed by atoms with Gasteiger partial charge in [0.2, 0.25) is 0 Å². The lowest BCUT2D eigenvalue weighted by atomic mass is 9.98. The minimum absolute atomic E-state index is 0.0533. The van der Waals surface area contributed by atoms with E-state index in [1.54, 1.807) is 18.2 Å². The maximum Gasteiger partial charge on any atom is 0.407 e. The Morgan fingerprint density at radius 2 is 1.60 bits per heavy atom. The highest BCUT2D eigenvalue weighted by Crippen LogP contribution is 2.44. The Bertz CT molecular complexity index is 1100. The van der Waals surface area contributed by atoms with Crippen LogP contribution < -0.4 is 5.32 Å². The first-order valence-electron chi connectivity index (χ1n) is 9.66. The molecule has 0 unspecified atom stereocenters. The van der Waals surface area contributed by atoms with Gasteiger partial charge in [-0.25, -0.2) is 4.79 Å². The Morgan fingerprint density at radius 3 is 2.27 bits per heavy atom. The normalized spacial score (nSPS) is 11.8. The summed E-state index contributed by atoms with van der Waals surface area (Å²) in [6.45, 7) is 0.708. The van der Waals surface area contributed by atoms with Crippen molar-refractivity contribution in [1.29, 1.82) is 0 Å². The molecular weight excluding hydrogens is 417 g/mol. The molecule has 0 heterocycles. The number of rotatable bonds is 4. The van der Waals surface area contributed by atoms with Crippen LogP contribution in [0.5, 0.6) is 0 Å². The minimum atomic E-state index is -0.437. The molecule has 0 bridgehead atoms. The number of carbonyl (C=O) groups excluding carboxylic acids is 1. The van der Waals surface area contributed by atoms with Crippen molar-refractivity contribution in [2.24, 2.45) is 0 Å². The maximum absolute atomic E-state index is 12.1. The van der Waals surface area contributed by atoms with Gasteiger partial charge in [-0.3, -0.25) is 0 Å². The van der Waals surface area contributed by atoms with Crippen LogP contribution in [0, 0.1) is 11.8 Å². The number of alkyl carbamates (subject to hydrolysis) is 1. The number of hydrogen-bond acceptors (Lipinski definition) is 2. The minimum Gasteiger partial charge on any atom is -0.449 e. The number of nitrogens with one attached hydrogen (secondary N) is 1. The first-order valence-corrected chi connectivity index (χ1v) is 10.4. The van der Waals surface area contributed by atoms with Crippen LogP contribution in [0.4, 0.5) is 4.79 Å². The average Bonchev–Trinajstić information content (AvgIpc) is 3.08. The van der Waals surface area contributed by atoms with Crippen molar-refractivity contribution in [1.82, 2.24) is 5.32 Å². The van der Waals surface area contributed by atoms with E-state index in [4.69, 9.17) is 27.9 Å². The molecule has 3 aromatic rings. The van der Waals surface area contributed by atoms with Gasteiger partial charge in [0.1, 0.15) is 6.61 Å². The molecule has 0 radical (unpaired) electrons. The van der Waals surface area contributed by atoms with E-state index in [-0.39, 0.29) is 5.92 Å². The lowest BCUT2D eigenvalue weighted by Gasteiger charge is -2.14. The van der Waals surface area contributed by atoms with E-state index in [0.717, 1.165) is 5.56 Å². The highest BCUT2D eigenvalue weighted by atomic mass is 35.5. The Balaban J connectivity index is 1.29. The molecule has 1 aliphatic rings. The predicted octanol–water partition coefficient (Wildman–Crippen LogP) is 6.27. The fourth-order valence-corrected chi connectivity index (χ4v) is 3.91. The molecule has 0 fully saturated rings. The molecule has 1 amide bonds. The number of fused-ring (bicyclic) bond motifs is 3. The number of ether oxygens (including phenoxy) is 1. The largest absolute Gasteiger partial charge is 0.449 e. The van der Waals surface area contributed by atoms with Gasteiger partial charge in [-0.05, 0) is 40.5 Å². The van der Waals surface area contributed by atoms with Gasteiger partial charge in [-0.2, -0.15) is 0 Å². The van der Waals surface area contributed by atoms with Gasteiger partial charge < -0.3 is 10.1 Å². The van der Waals surface area contributed by atoms with Crippen LogP contribution in [-0.2, 0) is 4.74 Å². The highest BCUT2D eigenvalue weighted by molar-refractivity contribution is 6.42. The molecule has 0 saturated heterocycles. The first kappa shape index (κ1) is 20.3. The van der Waals surface area contributed by atoms with Gasteiger partial charge in [0.05, 0.1) is 10.0 Å². The molecule has 30 heavy (non-hydrogen) atoms. The Morgan fingerprint density at radius 1 is 0.933 bits per heavy atom. The molecule has 0 aliphatic heterocycles.